The predicted molar refractivity (Wildman–Crippen MR) is 46.4 cm³/mol. The maximum atomic E-state index is 10.9. The third-order valence-corrected chi connectivity index (χ3v) is 1.90. The molecule has 1 aliphatic heterocycles. The predicted octanol–water partition coefficient (Wildman–Crippen LogP) is 0.958. The molecule has 13 heavy (non-hydrogen) atoms. The van der Waals surface area contributed by atoms with Crippen molar-refractivity contribution in [1.82, 2.24) is 5.73 Å². The van der Waals surface area contributed by atoms with Gasteiger partial charge in [-0.25, -0.2) is 0 Å². The van der Waals surface area contributed by atoms with Gasteiger partial charge in [-0.2, -0.15) is 0 Å². The van der Waals surface area contributed by atoms with Gasteiger partial charge in [-0.1, -0.05) is 23.4 Å². The van der Waals surface area contributed by atoms with Crippen LogP contribution in [0.1, 0.15) is 11.5 Å². The lowest BCUT2D eigenvalue weighted by Gasteiger charge is -2.15. The Balaban J connectivity index is 2.48. The Hall–Kier alpha value is -1.84. The molecule has 65 valence electrons. The Morgan fingerprint density at radius 2 is 2.23 bits per heavy atom. The molecule has 1 amide bonds. The van der Waals surface area contributed by atoms with E-state index in [0.717, 1.165) is 0 Å². The largest absolute Gasteiger partial charge is 0.357 e. The lowest BCUT2D eigenvalue weighted by atomic mass is 9.98. The van der Waals surface area contributed by atoms with E-state index in [2.05, 4.69) is 5.16 Å². The zero-order chi connectivity index (χ0) is 9.26. The Kier molecular flexibility index (Phi) is 1.73. The Morgan fingerprint density at radius 1 is 1.46 bits per heavy atom. The number of carbonyl (C=O) groups is 1. The van der Waals surface area contributed by atoms with Gasteiger partial charge in [0.25, 0.3) is 5.91 Å². The summed E-state index contributed by atoms with van der Waals surface area (Å²) in [4.78, 5) is 15.8. The molecule has 1 atom stereocenters. The molecule has 0 spiro atoms. The minimum absolute atomic E-state index is 0.551. The highest BCUT2D eigenvalue weighted by Gasteiger charge is 2.23. The summed E-state index contributed by atoms with van der Waals surface area (Å²) in [5, 5.41) is 3.56. The van der Waals surface area contributed by atoms with Crippen LogP contribution in [0.5, 0.6) is 5.75 Å². The molecule has 1 heterocycles. The topological polar surface area (TPSA) is 62.5 Å². The molecule has 1 aliphatic rings. The number of hydrogen-bond donors (Lipinski definition) is 0. The van der Waals surface area contributed by atoms with Gasteiger partial charge in [0, 0.05) is 5.56 Å². The van der Waals surface area contributed by atoms with Crippen LogP contribution in [0.25, 0.3) is 0 Å². The second kappa shape index (κ2) is 2.90. The first-order valence-corrected chi connectivity index (χ1v) is 3.84. The molecule has 1 aromatic rings. The van der Waals surface area contributed by atoms with Gasteiger partial charge in [-0.15, -0.1) is 0 Å². The van der Waals surface area contributed by atoms with Crippen LogP contribution in [0.15, 0.2) is 29.4 Å². The minimum atomic E-state index is -0.667. The fourth-order valence-electron chi connectivity index (χ4n) is 1.26. The first-order chi connectivity index (χ1) is 6.29. The summed E-state index contributed by atoms with van der Waals surface area (Å²) in [5.41, 5.74) is 7.72. The maximum Gasteiger partial charge on any atom is 0.251 e. The van der Waals surface area contributed by atoms with Crippen LogP contribution in [-0.2, 0) is 4.79 Å². The molecule has 2 rings (SSSR count). The van der Waals surface area contributed by atoms with Gasteiger partial charge >= 0.3 is 0 Å². The van der Waals surface area contributed by atoms with Crippen LogP contribution >= 0.6 is 0 Å². The van der Waals surface area contributed by atoms with E-state index < -0.39 is 11.8 Å². The van der Waals surface area contributed by atoms with Crippen LogP contribution in [0, 0.1) is 0 Å². The molecule has 0 saturated heterocycles. The number of nitrogens with one attached hydrogen (secondary N) is 1. The van der Waals surface area contributed by atoms with E-state index >= 15 is 0 Å². The summed E-state index contributed by atoms with van der Waals surface area (Å²) in [7, 11) is 0. The van der Waals surface area contributed by atoms with Crippen LogP contribution in [-0.4, -0.2) is 12.1 Å². The number of fused-ring (bicyclic) bond motifs is 1. The number of rotatable bonds is 1. The number of nitrogens with zero attached hydrogens (tertiary/aromatic N) is 1. The average Bonchev–Trinajstić information content (AvgIpc) is 2.17. The molecule has 0 aliphatic carbocycles. The molecule has 0 fully saturated rings. The molecule has 1 unspecified atom stereocenters. The van der Waals surface area contributed by atoms with Crippen LogP contribution in [0.4, 0.5) is 0 Å². The Labute approximate surface area is 75.0 Å². The van der Waals surface area contributed by atoms with Crippen molar-refractivity contribution in [2.24, 2.45) is 5.16 Å². The van der Waals surface area contributed by atoms with Crippen molar-refractivity contribution in [2.45, 2.75) is 5.92 Å². The van der Waals surface area contributed by atoms with Gasteiger partial charge in [0.1, 0.15) is 5.92 Å². The minimum Gasteiger partial charge on any atom is -0.357 e. The first kappa shape index (κ1) is 7.79. The fraction of sp³-hybridized carbons (Fsp3) is 0.111. The van der Waals surface area contributed by atoms with E-state index in [4.69, 9.17) is 10.6 Å². The van der Waals surface area contributed by atoms with Crippen molar-refractivity contribution < 1.29 is 9.63 Å². The summed E-state index contributed by atoms with van der Waals surface area (Å²) < 4.78 is 0. The summed E-state index contributed by atoms with van der Waals surface area (Å²) in [6.45, 7) is 0. The van der Waals surface area contributed by atoms with E-state index in [0.29, 0.717) is 11.3 Å². The second-order valence-corrected chi connectivity index (χ2v) is 2.73. The van der Waals surface area contributed by atoms with Crippen molar-refractivity contribution in [3.63, 3.8) is 0 Å². The zero-order valence-electron chi connectivity index (χ0n) is 6.73. The first-order valence-electron chi connectivity index (χ1n) is 3.84. The van der Waals surface area contributed by atoms with Crippen molar-refractivity contribution in [2.75, 3.05) is 0 Å². The highest BCUT2D eigenvalue weighted by atomic mass is 16.6. The third kappa shape index (κ3) is 1.26. The molecular formula is C9H7N2O2. The normalized spacial score (nSPS) is 18.9. The number of carbonyl (C=O) groups excluding carboxylic acids is 1. The molecule has 1 radical (unpaired) electrons. The zero-order valence-corrected chi connectivity index (χ0v) is 6.73. The molecular weight excluding hydrogens is 168 g/mol. The number of amides is 1. The SMILES string of the molecule is [NH]C(=O)C1C=NOc2ccccc21. The van der Waals surface area contributed by atoms with Crippen molar-refractivity contribution >= 4 is 12.1 Å². The van der Waals surface area contributed by atoms with Crippen molar-refractivity contribution in [3.8, 4) is 5.75 Å². The number of para-hydroxylation sites is 1. The second-order valence-electron chi connectivity index (χ2n) is 2.73. The molecule has 0 saturated carbocycles. The van der Waals surface area contributed by atoms with E-state index in [-0.39, 0.29) is 0 Å². The highest BCUT2D eigenvalue weighted by Crippen LogP contribution is 2.28. The molecule has 0 bridgehead atoms. The number of hydrogen-bond acceptors (Lipinski definition) is 3. The van der Waals surface area contributed by atoms with Gasteiger partial charge in [0.05, 0.1) is 6.21 Å². The lowest BCUT2D eigenvalue weighted by Crippen LogP contribution is -2.18. The lowest BCUT2D eigenvalue weighted by molar-refractivity contribution is -0.118. The van der Waals surface area contributed by atoms with Gasteiger partial charge in [-0.3, -0.25) is 10.5 Å². The monoisotopic (exact) mass is 175 g/mol. The van der Waals surface area contributed by atoms with Gasteiger partial charge in [0.2, 0.25) is 0 Å². The molecule has 1 N–H and O–H groups in total. The maximum absolute atomic E-state index is 10.9. The quantitative estimate of drug-likeness (QED) is 0.638. The third-order valence-electron chi connectivity index (χ3n) is 1.90. The summed E-state index contributed by atoms with van der Waals surface area (Å²) >= 11 is 0. The summed E-state index contributed by atoms with van der Waals surface area (Å²) in [5.74, 6) is -0.694. The highest BCUT2D eigenvalue weighted by molar-refractivity contribution is 5.98. The molecule has 1 aromatic carbocycles. The number of oxime groups is 1. The molecule has 4 heteroatoms. The fourth-order valence-corrected chi connectivity index (χ4v) is 1.26. The molecule has 4 nitrogen and oxygen atoms in total. The van der Waals surface area contributed by atoms with E-state index in [1.165, 1.54) is 6.21 Å². The van der Waals surface area contributed by atoms with Crippen LogP contribution in [0.3, 0.4) is 0 Å². The van der Waals surface area contributed by atoms with Crippen molar-refractivity contribution in [3.05, 3.63) is 29.8 Å². The average molecular weight is 175 g/mol. The van der Waals surface area contributed by atoms with Gasteiger partial charge < -0.3 is 4.84 Å². The summed E-state index contributed by atoms with van der Waals surface area (Å²) in [6, 6.07) is 7.09. The van der Waals surface area contributed by atoms with E-state index in [1.807, 2.05) is 0 Å². The van der Waals surface area contributed by atoms with Gasteiger partial charge in [0.15, 0.2) is 5.75 Å². The van der Waals surface area contributed by atoms with Gasteiger partial charge in [-0.05, 0) is 6.07 Å². The van der Waals surface area contributed by atoms with Crippen LogP contribution < -0.4 is 10.6 Å². The smallest absolute Gasteiger partial charge is 0.251 e. The Bertz CT molecular complexity index is 374. The molecule has 0 aromatic heterocycles. The van der Waals surface area contributed by atoms with Crippen molar-refractivity contribution in [1.29, 1.82) is 0 Å². The summed E-state index contributed by atoms with van der Waals surface area (Å²) in [6.07, 6.45) is 1.34. The standard InChI is InChI=1S/C9H7N2O2/c10-9(12)7-5-11-13-8-4-2-1-3-6(7)8/h1-5,7,10H. The van der Waals surface area contributed by atoms with Crippen LogP contribution in [0.2, 0.25) is 0 Å². The Morgan fingerprint density at radius 3 is 3.00 bits per heavy atom. The van der Waals surface area contributed by atoms with E-state index in [9.17, 15) is 4.79 Å². The number of benzene rings is 1. The van der Waals surface area contributed by atoms with E-state index in [1.54, 1.807) is 24.3 Å².